The number of nitrogens with two attached hydrogens (primary N) is 1. The Morgan fingerprint density at radius 3 is 2.74 bits per heavy atom. The molecule has 2 amide bonds. The summed E-state index contributed by atoms with van der Waals surface area (Å²) >= 11 is 1.52. The molecule has 1 atom stereocenters. The summed E-state index contributed by atoms with van der Waals surface area (Å²) in [6, 6.07) is 0. The van der Waals surface area contributed by atoms with Gasteiger partial charge < -0.3 is 11.1 Å². The molecule has 1 aromatic heterocycles. The third-order valence-corrected chi connectivity index (χ3v) is 4.93. The van der Waals surface area contributed by atoms with Gasteiger partial charge in [-0.15, -0.1) is 11.3 Å². The van der Waals surface area contributed by atoms with E-state index in [1.54, 1.807) is 6.92 Å². The number of thiophene rings is 1. The first kappa shape index (κ1) is 14.1. The third kappa shape index (κ3) is 2.81. The summed E-state index contributed by atoms with van der Waals surface area (Å²) in [6.45, 7) is 3.98. The normalized spacial score (nSPS) is 17.9. The number of nitrogens with one attached hydrogen (secondary N) is 1. The van der Waals surface area contributed by atoms with Crippen LogP contribution in [0.4, 0.5) is 5.00 Å². The first-order chi connectivity index (χ1) is 9.06. The number of fused-ring (bicyclic) bond motifs is 1. The van der Waals surface area contributed by atoms with E-state index in [0.717, 1.165) is 31.2 Å². The number of hydrogen-bond donors (Lipinski definition) is 2. The van der Waals surface area contributed by atoms with E-state index in [1.165, 1.54) is 16.2 Å². The van der Waals surface area contributed by atoms with E-state index in [0.29, 0.717) is 22.9 Å². The number of primary amides is 1. The molecule has 3 N–H and O–H groups in total. The maximum Gasteiger partial charge on any atom is 0.251 e. The van der Waals surface area contributed by atoms with Crippen molar-refractivity contribution >= 4 is 28.2 Å². The van der Waals surface area contributed by atoms with Crippen LogP contribution in [-0.2, 0) is 17.6 Å². The highest BCUT2D eigenvalue weighted by atomic mass is 32.1. The fraction of sp³-hybridized carbons (Fsp3) is 0.571. The Hall–Kier alpha value is -1.36. The van der Waals surface area contributed by atoms with Gasteiger partial charge in [0.05, 0.1) is 5.56 Å². The van der Waals surface area contributed by atoms with Crippen LogP contribution in [0.5, 0.6) is 0 Å². The van der Waals surface area contributed by atoms with Crippen molar-refractivity contribution < 1.29 is 9.59 Å². The highest BCUT2D eigenvalue weighted by molar-refractivity contribution is 7.17. The monoisotopic (exact) mass is 280 g/mol. The van der Waals surface area contributed by atoms with Gasteiger partial charge in [-0.05, 0) is 30.7 Å². The standard InChI is InChI=1S/C14H20N2O2S/c1-3-8-5-6-9-10(7-8)19-14(12(9)13(15)18)16-11(17)4-2/h8H,3-7H2,1-2H3,(H2,15,18)(H,16,17)/t8-/m1/s1. The third-order valence-electron chi connectivity index (χ3n) is 3.77. The van der Waals surface area contributed by atoms with Crippen molar-refractivity contribution in [3.05, 3.63) is 16.0 Å². The van der Waals surface area contributed by atoms with Gasteiger partial charge in [0.1, 0.15) is 5.00 Å². The SMILES string of the molecule is CCC(=O)Nc1sc2c(c1C(N)=O)CC[C@@H](CC)C2. The number of carbonyl (C=O) groups excluding carboxylic acids is 2. The van der Waals surface area contributed by atoms with Crippen molar-refractivity contribution in [3.63, 3.8) is 0 Å². The number of rotatable bonds is 4. The highest BCUT2D eigenvalue weighted by Crippen LogP contribution is 2.40. The zero-order chi connectivity index (χ0) is 14.0. The molecule has 0 aliphatic heterocycles. The molecule has 1 aliphatic rings. The molecule has 4 nitrogen and oxygen atoms in total. The molecule has 0 radical (unpaired) electrons. The summed E-state index contributed by atoms with van der Waals surface area (Å²) in [7, 11) is 0. The molecule has 19 heavy (non-hydrogen) atoms. The summed E-state index contributed by atoms with van der Waals surface area (Å²) in [4.78, 5) is 24.4. The maximum atomic E-state index is 11.7. The lowest BCUT2D eigenvalue weighted by molar-refractivity contribution is -0.115. The van der Waals surface area contributed by atoms with Crippen LogP contribution in [0.2, 0.25) is 0 Å². The number of anilines is 1. The van der Waals surface area contributed by atoms with Crippen molar-refractivity contribution in [1.82, 2.24) is 0 Å². The van der Waals surface area contributed by atoms with Crippen LogP contribution in [0.25, 0.3) is 0 Å². The van der Waals surface area contributed by atoms with Crippen molar-refractivity contribution in [2.24, 2.45) is 11.7 Å². The lowest BCUT2D eigenvalue weighted by Crippen LogP contribution is -2.19. The van der Waals surface area contributed by atoms with Gasteiger partial charge in [0.15, 0.2) is 0 Å². The van der Waals surface area contributed by atoms with Gasteiger partial charge >= 0.3 is 0 Å². The molecule has 0 spiro atoms. The van der Waals surface area contributed by atoms with Crippen molar-refractivity contribution in [2.75, 3.05) is 5.32 Å². The number of hydrogen-bond acceptors (Lipinski definition) is 3. The summed E-state index contributed by atoms with van der Waals surface area (Å²) < 4.78 is 0. The maximum absolute atomic E-state index is 11.7. The summed E-state index contributed by atoms with van der Waals surface area (Å²) in [6.07, 6.45) is 4.54. The summed E-state index contributed by atoms with van der Waals surface area (Å²) in [5.74, 6) is 0.175. The van der Waals surface area contributed by atoms with Gasteiger partial charge in [-0.3, -0.25) is 9.59 Å². The molecule has 0 bridgehead atoms. The minimum absolute atomic E-state index is 0.0758. The van der Waals surface area contributed by atoms with Crippen LogP contribution in [0.3, 0.4) is 0 Å². The van der Waals surface area contributed by atoms with Crippen LogP contribution >= 0.6 is 11.3 Å². The summed E-state index contributed by atoms with van der Waals surface area (Å²) in [5.41, 5.74) is 7.09. The Balaban J connectivity index is 2.36. The van der Waals surface area contributed by atoms with Gasteiger partial charge in [-0.1, -0.05) is 20.3 Å². The summed E-state index contributed by atoms with van der Waals surface area (Å²) in [5, 5.41) is 3.45. The minimum atomic E-state index is -0.432. The average Bonchev–Trinajstić information content (AvgIpc) is 2.74. The van der Waals surface area contributed by atoms with Gasteiger partial charge in [0.2, 0.25) is 5.91 Å². The Labute approximate surface area is 117 Å². The Bertz CT molecular complexity index is 508. The van der Waals surface area contributed by atoms with Crippen LogP contribution < -0.4 is 11.1 Å². The van der Waals surface area contributed by atoms with Crippen LogP contribution in [0, 0.1) is 5.92 Å². The van der Waals surface area contributed by atoms with Crippen molar-refractivity contribution in [3.8, 4) is 0 Å². The molecule has 0 unspecified atom stereocenters. The van der Waals surface area contributed by atoms with Gasteiger partial charge in [0.25, 0.3) is 5.91 Å². The van der Waals surface area contributed by atoms with Gasteiger partial charge in [-0.2, -0.15) is 0 Å². The molecule has 104 valence electrons. The zero-order valence-corrected chi connectivity index (χ0v) is 12.2. The van der Waals surface area contributed by atoms with E-state index in [4.69, 9.17) is 5.73 Å². The molecule has 2 rings (SSSR count). The Morgan fingerprint density at radius 2 is 2.16 bits per heavy atom. The molecular weight excluding hydrogens is 260 g/mol. The topological polar surface area (TPSA) is 72.2 Å². The fourth-order valence-electron chi connectivity index (χ4n) is 2.57. The minimum Gasteiger partial charge on any atom is -0.365 e. The second-order valence-corrected chi connectivity index (χ2v) is 6.10. The van der Waals surface area contributed by atoms with Gasteiger partial charge in [-0.25, -0.2) is 0 Å². The van der Waals surface area contributed by atoms with Crippen LogP contribution in [-0.4, -0.2) is 11.8 Å². The molecule has 1 heterocycles. The quantitative estimate of drug-likeness (QED) is 0.890. The molecule has 0 saturated heterocycles. The lowest BCUT2D eigenvalue weighted by atomic mass is 9.85. The van der Waals surface area contributed by atoms with Crippen molar-refractivity contribution in [1.29, 1.82) is 0 Å². The Kier molecular flexibility index (Phi) is 4.24. The predicted molar refractivity (Wildman–Crippen MR) is 77.6 cm³/mol. The van der Waals surface area contributed by atoms with E-state index >= 15 is 0 Å². The largest absolute Gasteiger partial charge is 0.365 e. The first-order valence-corrected chi connectivity index (χ1v) is 7.62. The number of amides is 2. The van der Waals surface area contributed by atoms with E-state index in [-0.39, 0.29) is 5.91 Å². The smallest absolute Gasteiger partial charge is 0.251 e. The van der Waals surface area contributed by atoms with E-state index in [9.17, 15) is 9.59 Å². The predicted octanol–water partition coefficient (Wildman–Crippen LogP) is 2.71. The average molecular weight is 280 g/mol. The van der Waals surface area contributed by atoms with Crippen molar-refractivity contribution in [2.45, 2.75) is 46.0 Å². The second-order valence-electron chi connectivity index (χ2n) is 4.99. The lowest BCUT2D eigenvalue weighted by Gasteiger charge is -2.20. The second kappa shape index (κ2) is 5.74. The Morgan fingerprint density at radius 1 is 1.42 bits per heavy atom. The molecule has 5 heteroatoms. The highest BCUT2D eigenvalue weighted by Gasteiger charge is 2.27. The fourth-order valence-corrected chi connectivity index (χ4v) is 3.95. The molecule has 0 aromatic carbocycles. The van der Waals surface area contributed by atoms with E-state index in [1.807, 2.05) is 0 Å². The van der Waals surface area contributed by atoms with Crippen LogP contribution in [0.15, 0.2) is 0 Å². The zero-order valence-electron chi connectivity index (χ0n) is 11.4. The van der Waals surface area contributed by atoms with E-state index in [2.05, 4.69) is 12.2 Å². The van der Waals surface area contributed by atoms with Crippen LogP contribution in [0.1, 0.15) is 53.9 Å². The molecule has 1 aliphatic carbocycles. The van der Waals surface area contributed by atoms with E-state index < -0.39 is 5.91 Å². The number of carbonyl (C=O) groups is 2. The molecular formula is C14H20N2O2S. The molecule has 0 fully saturated rings. The first-order valence-electron chi connectivity index (χ1n) is 6.80. The molecule has 1 aromatic rings. The van der Waals surface area contributed by atoms with Gasteiger partial charge in [0, 0.05) is 11.3 Å². The molecule has 0 saturated carbocycles.